The van der Waals surface area contributed by atoms with Crippen LogP contribution in [-0.2, 0) is 9.59 Å². The average molecular weight is 220 g/mol. The summed E-state index contributed by atoms with van der Waals surface area (Å²) < 4.78 is 9.83. The summed E-state index contributed by atoms with van der Waals surface area (Å²) in [6.07, 6.45) is 1.55. The van der Waals surface area contributed by atoms with Gasteiger partial charge in [-0.2, -0.15) is 0 Å². The molecule has 0 fully saturated rings. The summed E-state index contributed by atoms with van der Waals surface area (Å²) in [4.78, 5) is 21.6. The molecule has 0 N–H and O–H groups in total. The number of benzene rings is 1. The second kappa shape index (κ2) is 5.11. The Morgan fingerprint density at radius 2 is 1.81 bits per heavy atom. The fraction of sp³-hybridized carbons (Fsp3) is 0.167. The Morgan fingerprint density at radius 1 is 1.19 bits per heavy atom. The molecule has 0 radical (unpaired) electrons. The van der Waals surface area contributed by atoms with E-state index in [1.807, 2.05) is 0 Å². The first-order valence-corrected chi connectivity index (χ1v) is 4.66. The van der Waals surface area contributed by atoms with Crippen LogP contribution in [-0.4, -0.2) is 11.9 Å². The minimum absolute atomic E-state index is 0.321. The number of rotatable bonds is 3. The second-order valence-electron chi connectivity index (χ2n) is 3.09. The minimum atomic E-state index is -0.442. The van der Waals surface area contributed by atoms with Gasteiger partial charge in [0.1, 0.15) is 11.5 Å². The minimum Gasteiger partial charge on any atom is -0.427 e. The van der Waals surface area contributed by atoms with Crippen molar-refractivity contribution in [3.63, 3.8) is 0 Å². The van der Waals surface area contributed by atoms with Crippen LogP contribution in [0.25, 0.3) is 6.08 Å². The molecule has 1 aromatic carbocycles. The summed E-state index contributed by atoms with van der Waals surface area (Å²) in [7, 11) is 0. The molecule has 1 aromatic rings. The van der Waals surface area contributed by atoms with Crippen LogP contribution in [0.5, 0.6) is 11.5 Å². The van der Waals surface area contributed by atoms with Crippen LogP contribution < -0.4 is 9.47 Å². The van der Waals surface area contributed by atoms with Crippen LogP contribution in [0.15, 0.2) is 24.8 Å². The molecule has 0 aliphatic carbocycles. The van der Waals surface area contributed by atoms with Crippen LogP contribution >= 0.6 is 0 Å². The molecule has 4 heteroatoms. The maximum atomic E-state index is 10.9. The molecule has 4 nitrogen and oxygen atoms in total. The number of hydrogen-bond donors (Lipinski definition) is 0. The van der Waals surface area contributed by atoms with Gasteiger partial charge >= 0.3 is 11.9 Å². The predicted octanol–water partition coefficient (Wildman–Crippen LogP) is 2.18. The molecule has 0 saturated heterocycles. The smallest absolute Gasteiger partial charge is 0.308 e. The zero-order chi connectivity index (χ0) is 12.1. The van der Waals surface area contributed by atoms with E-state index in [2.05, 4.69) is 6.58 Å². The van der Waals surface area contributed by atoms with E-state index in [4.69, 9.17) is 9.47 Å². The largest absolute Gasteiger partial charge is 0.427 e. The molecular formula is C12H12O4. The number of carbonyl (C=O) groups is 2. The maximum absolute atomic E-state index is 10.9. The van der Waals surface area contributed by atoms with Gasteiger partial charge in [-0.1, -0.05) is 12.7 Å². The maximum Gasteiger partial charge on any atom is 0.308 e. The lowest BCUT2D eigenvalue weighted by molar-refractivity contribution is -0.132. The molecule has 1 rings (SSSR count). The fourth-order valence-electron chi connectivity index (χ4n) is 1.16. The fourth-order valence-corrected chi connectivity index (χ4v) is 1.16. The quantitative estimate of drug-likeness (QED) is 0.578. The van der Waals surface area contributed by atoms with Crippen molar-refractivity contribution in [3.05, 3.63) is 30.3 Å². The molecular weight excluding hydrogens is 208 g/mol. The van der Waals surface area contributed by atoms with Gasteiger partial charge in [-0.3, -0.25) is 9.59 Å². The molecule has 0 heterocycles. The summed E-state index contributed by atoms with van der Waals surface area (Å²) in [6, 6.07) is 4.73. The van der Waals surface area contributed by atoms with Crippen LogP contribution in [0.4, 0.5) is 0 Å². The van der Waals surface area contributed by atoms with Crippen LogP contribution in [0.1, 0.15) is 19.4 Å². The highest BCUT2D eigenvalue weighted by atomic mass is 16.5. The van der Waals surface area contributed by atoms with Crippen molar-refractivity contribution in [1.82, 2.24) is 0 Å². The summed E-state index contributed by atoms with van der Waals surface area (Å²) >= 11 is 0. The Labute approximate surface area is 93.5 Å². The third-order valence-corrected chi connectivity index (χ3v) is 1.72. The van der Waals surface area contributed by atoms with E-state index >= 15 is 0 Å². The Balaban J connectivity index is 3.05. The molecule has 0 atom stereocenters. The van der Waals surface area contributed by atoms with Crippen molar-refractivity contribution in [1.29, 1.82) is 0 Å². The number of carbonyl (C=O) groups excluding carboxylic acids is 2. The molecule has 0 aliphatic rings. The van der Waals surface area contributed by atoms with Crippen LogP contribution in [0.3, 0.4) is 0 Å². The third-order valence-electron chi connectivity index (χ3n) is 1.72. The lowest BCUT2D eigenvalue weighted by atomic mass is 10.2. The molecule has 0 aliphatic heterocycles. The monoisotopic (exact) mass is 220 g/mol. The molecule has 0 bridgehead atoms. The van der Waals surface area contributed by atoms with E-state index in [1.54, 1.807) is 18.2 Å². The lowest BCUT2D eigenvalue weighted by Crippen LogP contribution is -2.05. The molecule has 0 amide bonds. The normalized spacial score (nSPS) is 9.38. The van der Waals surface area contributed by atoms with Crippen molar-refractivity contribution < 1.29 is 19.1 Å². The summed E-state index contributed by atoms with van der Waals surface area (Å²) in [5.41, 5.74) is 0.658. The standard InChI is InChI=1S/C12H12O4/c1-4-10-5-6-11(15-8(2)13)7-12(10)16-9(3)14/h4-7H,1H2,2-3H3. The molecule has 0 spiro atoms. The van der Waals surface area contributed by atoms with Gasteiger partial charge in [-0.25, -0.2) is 0 Å². The first-order valence-electron chi connectivity index (χ1n) is 4.66. The van der Waals surface area contributed by atoms with Crippen LogP contribution in [0, 0.1) is 0 Å². The zero-order valence-corrected chi connectivity index (χ0v) is 9.15. The lowest BCUT2D eigenvalue weighted by Gasteiger charge is -2.07. The van der Waals surface area contributed by atoms with E-state index in [-0.39, 0.29) is 0 Å². The average Bonchev–Trinajstić information content (AvgIpc) is 2.16. The van der Waals surface area contributed by atoms with Crippen molar-refractivity contribution >= 4 is 18.0 Å². The molecule has 0 aromatic heterocycles. The number of hydrogen-bond acceptors (Lipinski definition) is 4. The summed E-state index contributed by atoms with van der Waals surface area (Å²) in [5.74, 6) is -0.223. The summed E-state index contributed by atoms with van der Waals surface area (Å²) in [6.45, 7) is 6.19. The van der Waals surface area contributed by atoms with Gasteiger partial charge in [0.2, 0.25) is 0 Å². The van der Waals surface area contributed by atoms with Crippen molar-refractivity contribution in [2.45, 2.75) is 13.8 Å². The summed E-state index contributed by atoms with van der Waals surface area (Å²) in [5, 5.41) is 0. The molecule has 16 heavy (non-hydrogen) atoms. The topological polar surface area (TPSA) is 52.6 Å². The van der Waals surface area contributed by atoms with E-state index in [0.29, 0.717) is 17.1 Å². The van der Waals surface area contributed by atoms with Gasteiger partial charge < -0.3 is 9.47 Å². The van der Waals surface area contributed by atoms with Crippen molar-refractivity contribution in [2.75, 3.05) is 0 Å². The molecule has 0 saturated carbocycles. The van der Waals surface area contributed by atoms with Gasteiger partial charge in [-0.15, -0.1) is 0 Å². The Morgan fingerprint density at radius 3 is 2.31 bits per heavy atom. The highest BCUT2D eigenvalue weighted by molar-refractivity contribution is 5.73. The van der Waals surface area contributed by atoms with Gasteiger partial charge in [0.05, 0.1) is 0 Å². The Bertz CT molecular complexity index is 435. The van der Waals surface area contributed by atoms with Gasteiger partial charge in [0.15, 0.2) is 0 Å². The first-order chi connectivity index (χ1) is 7.52. The van der Waals surface area contributed by atoms with Gasteiger partial charge in [-0.05, 0) is 12.1 Å². The zero-order valence-electron chi connectivity index (χ0n) is 9.15. The van der Waals surface area contributed by atoms with Gasteiger partial charge in [0, 0.05) is 25.5 Å². The van der Waals surface area contributed by atoms with Crippen molar-refractivity contribution in [2.24, 2.45) is 0 Å². The highest BCUT2D eigenvalue weighted by Gasteiger charge is 2.07. The molecule has 0 unspecified atom stereocenters. The van der Waals surface area contributed by atoms with E-state index < -0.39 is 11.9 Å². The Hall–Kier alpha value is -2.10. The number of ether oxygens (including phenoxy) is 2. The predicted molar refractivity (Wildman–Crippen MR) is 59.2 cm³/mol. The van der Waals surface area contributed by atoms with E-state index in [9.17, 15) is 9.59 Å². The first kappa shape index (κ1) is 12.0. The van der Waals surface area contributed by atoms with Crippen LogP contribution in [0.2, 0.25) is 0 Å². The molecule has 84 valence electrons. The van der Waals surface area contributed by atoms with E-state index in [1.165, 1.54) is 19.9 Å². The van der Waals surface area contributed by atoms with Gasteiger partial charge in [0.25, 0.3) is 0 Å². The second-order valence-corrected chi connectivity index (χ2v) is 3.09. The SMILES string of the molecule is C=Cc1ccc(OC(C)=O)cc1OC(C)=O. The number of esters is 2. The third kappa shape index (κ3) is 3.24. The Kier molecular flexibility index (Phi) is 3.83. The highest BCUT2D eigenvalue weighted by Crippen LogP contribution is 2.26. The van der Waals surface area contributed by atoms with E-state index in [0.717, 1.165) is 0 Å². The van der Waals surface area contributed by atoms with Crippen molar-refractivity contribution in [3.8, 4) is 11.5 Å².